The van der Waals surface area contributed by atoms with Crippen molar-refractivity contribution in [2.24, 2.45) is 5.92 Å². The van der Waals surface area contributed by atoms with Gasteiger partial charge in [0.2, 0.25) is 0 Å². The number of carbonyl (C=O) groups excluding carboxylic acids is 1. The van der Waals surface area contributed by atoms with Crippen LogP contribution in [-0.2, 0) is 9.53 Å². The van der Waals surface area contributed by atoms with E-state index in [2.05, 4.69) is 29.6 Å². The summed E-state index contributed by atoms with van der Waals surface area (Å²) < 4.78 is 5.60. The molecule has 30 heavy (non-hydrogen) atoms. The van der Waals surface area contributed by atoms with Gasteiger partial charge >= 0.3 is 12.1 Å². The zero-order chi connectivity index (χ0) is 20.9. The molecule has 0 spiro atoms. The molecule has 2 aliphatic rings. The van der Waals surface area contributed by atoms with E-state index in [1.165, 1.54) is 30.4 Å². The molecule has 1 fully saturated rings. The molecule has 1 atom stereocenters. The largest absolute Gasteiger partial charge is 0.481 e. The Balaban J connectivity index is 1.39. The molecule has 2 aromatic carbocycles. The maximum Gasteiger partial charge on any atom is 0.407 e. The van der Waals surface area contributed by atoms with Gasteiger partial charge < -0.3 is 15.2 Å². The van der Waals surface area contributed by atoms with Crippen LogP contribution < -0.4 is 5.32 Å². The van der Waals surface area contributed by atoms with Crippen LogP contribution in [0, 0.1) is 5.92 Å². The highest BCUT2D eigenvalue weighted by Gasteiger charge is 2.29. The molecule has 0 heterocycles. The zero-order valence-corrected chi connectivity index (χ0v) is 17.2. The van der Waals surface area contributed by atoms with E-state index in [9.17, 15) is 14.7 Å². The second kappa shape index (κ2) is 9.33. The van der Waals surface area contributed by atoms with E-state index in [0.717, 1.165) is 24.0 Å². The number of carboxylic acids is 1. The second-order valence-corrected chi connectivity index (χ2v) is 8.50. The number of ether oxygens (including phenoxy) is 1. The van der Waals surface area contributed by atoms with Crippen molar-refractivity contribution in [3.05, 3.63) is 59.7 Å². The Kier molecular flexibility index (Phi) is 6.36. The summed E-state index contributed by atoms with van der Waals surface area (Å²) in [6, 6.07) is 16.0. The smallest absolute Gasteiger partial charge is 0.407 e. The number of rotatable bonds is 7. The minimum atomic E-state index is -0.894. The van der Waals surface area contributed by atoms with Crippen LogP contribution in [0.2, 0.25) is 0 Å². The minimum absolute atomic E-state index is 0.000539. The molecule has 2 aliphatic carbocycles. The highest BCUT2D eigenvalue weighted by atomic mass is 16.5. The fourth-order valence-electron chi connectivity index (χ4n) is 5.04. The van der Waals surface area contributed by atoms with Crippen LogP contribution in [0.5, 0.6) is 0 Å². The first-order valence-corrected chi connectivity index (χ1v) is 10.9. The SMILES string of the molecule is O=C(O)CC(CC1CCCCC1)NC(=O)OCC1c2ccccc2-c2ccccc21. The van der Waals surface area contributed by atoms with Gasteiger partial charge in [-0.3, -0.25) is 4.79 Å². The molecule has 0 saturated heterocycles. The molecule has 1 saturated carbocycles. The Bertz CT molecular complexity index is 858. The number of benzene rings is 2. The van der Waals surface area contributed by atoms with Crippen LogP contribution >= 0.6 is 0 Å². The highest BCUT2D eigenvalue weighted by Crippen LogP contribution is 2.44. The third kappa shape index (κ3) is 4.66. The number of hydrogen-bond donors (Lipinski definition) is 2. The number of carbonyl (C=O) groups is 2. The lowest BCUT2D eigenvalue weighted by molar-refractivity contribution is -0.137. The van der Waals surface area contributed by atoms with Crippen molar-refractivity contribution in [3.8, 4) is 11.1 Å². The Morgan fingerprint density at radius 1 is 0.967 bits per heavy atom. The van der Waals surface area contributed by atoms with E-state index in [1.807, 2.05) is 24.3 Å². The van der Waals surface area contributed by atoms with Gasteiger partial charge in [0.25, 0.3) is 0 Å². The monoisotopic (exact) mass is 407 g/mol. The van der Waals surface area contributed by atoms with E-state index >= 15 is 0 Å². The molecule has 2 N–H and O–H groups in total. The second-order valence-electron chi connectivity index (χ2n) is 8.50. The van der Waals surface area contributed by atoms with Gasteiger partial charge in [0.05, 0.1) is 6.42 Å². The lowest BCUT2D eigenvalue weighted by Gasteiger charge is -2.26. The van der Waals surface area contributed by atoms with Crippen LogP contribution in [0.4, 0.5) is 4.79 Å². The number of fused-ring (bicyclic) bond motifs is 3. The van der Waals surface area contributed by atoms with Crippen molar-refractivity contribution >= 4 is 12.1 Å². The molecule has 0 aromatic heterocycles. The van der Waals surface area contributed by atoms with Gasteiger partial charge in [-0.05, 0) is 34.6 Å². The number of amides is 1. The fourth-order valence-corrected chi connectivity index (χ4v) is 5.04. The van der Waals surface area contributed by atoms with Crippen LogP contribution in [0.3, 0.4) is 0 Å². The van der Waals surface area contributed by atoms with Gasteiger partial charge in [0, 0.05) is 12.0 Å². The van der Waals surface area contributed by atoms with E-state index in [0.29, 0.717) is 12.3 Å². The molecule has 5 nitrogen and oxygen atoms in total. The van der Waals surface area contributed by atoms with Gasteiger partial charge in [-0.25, -0.2) is 4.79 Å². The first kappa shape index (κ1) is 20.5. The number of hydrogen-bond acceptors (Lipinski definition) is 3. The van der Waals surface area contributed by atoms with Crippen molar-refractivity contribution in [2.45, 2.75) is 56.9 Å². The summed E-state index contributed by atoms with van der Waals surface area (Å²) in [4.78, 5) is 23.8. The lowest BCUT2D eigenvalue weighted by Crippen LogP contribution is -2.39. The summed E-state index contributed by atoms with van der Waals surface area (Å²) in [7, 11) is 0. The molecule has 1 unspecified atom stereocenters. The highest BCUT2D eigenvalue weighted by molar-refractivity contribution is 5.79. The Labute approximate surface area is 177 Å². The molecule has 2 aromatic rings. The van der Waals surface area contributed by atoms with Crippen LogP contribution in [-0.4, -0.2) is 29.8 Å². The molecule has 4 rings (SSSR count). The molecular weight excluding hydrogens is 378 g/mol. The van der Waals surface area contributed by atoms with Gasteiger partial charge in [-0.2, -0.15) is 0 Å². The number of alkyl carbamates (subject to hydrolysis) is 1. The lowest BCUT2D eigenvalue weighted by atomic mass is 9.84. The quantitative estimate of drug-likeness (QED) is 0.650. The van der Waals surface area contributed by atoms with Gasteiger partial charge in [0.1, 0.15) is 6.61 Å². The van der Waals surface area contributed by atoms with Gasteiger partial charge in [0.15, 0.2) is 0 Å². The Hall–Kier alpha value is -2.82. The molecule has 158 valence electrons. The summed E-state index contributed by atoms with van der Waals surface area (Å²) >= 11 is 0. The first-order valence-electron chi connectivity index (χ1n) is 10.9. The minimum Gasteiger partial charge on any atom is -0.481 e. The van der Waals surface area contributed by atoms with Crippen molar-refractivity contribution in [1.82, 2.24) is 5.32 Å². The molecular formula is C25H29NO4. The third-order valence-corrected chi connectivity index (χ3v) is 6.43. The molecule has 0 radical (unpaired) electrons. The number of carboxylic acid groups (broad SMARTS) is 1. The topological polar surface area (TPSA) is 75.6 Å². The predicted molar refractivity (Wildman–Crippen MR) is 115 cm³/mol. The maximum atomic E-state index is 12.5. The number of nitrogens with one attached hydrogen (secondary N) is 1. The molecule has 5 heteroatoms. The van der Waals surface area contributed by atoms with E-state index < -0.39 is 12.1 Å². The molecule has 1 amide bonds. The normalized spacial score (nSPS) is 17.1. The van der Waals surface area contributed by atoms with Gasteiger partial charge in [-0.1, -0.05) is 80.6 Å². The van der Waals surface area contributed by atoms with Crippen LogP contribution in [0.1, 0.15) is 62.0 Å². The summed E-state index contributed by atoms with van der Waals surface area (Å²) in [5.74, 6) is -0.411. The average Bonchev–Trinajstić information content (AvgIpc) is 3.06. The zero-order valence-electron chi connectivity index (χ0n) is 17.2. The summed E-state index contributed by atoms with van der Waals surface area (Å²) in [5, 5.41) is 12.1. The molecule has 0 bridgehead atoms. The average molecular weight is 408 g/mol. The Morgan fingerprint density at radius 2 is 1.57 bits per heavy atom. The van der Waals surface area contributed by atoms with E-state index in [-0.39, 0.29) is 25.0 Å². The summed E-state index contributed by atoms with van der Waals surface area (Å²) in [6.07, 6.45) is 5.96. The predicted octanol–water partition coefficient (Wildman–Crippen LogP) is 5.34. The molecule has 0 aliphatic heterocycles. The fraction of sp³-hybridized carbons (Fsp3) is 0.440. The maximum absolute atomic E-state index is 12.5. The van der Waals surface area contributed by atoms with Crippen molar-refractivity contribution < 1.29 is 19.4 Å². The third-order valence-electron chi connectivity index (χ3n) is 6.43. The van der Waals surface area contributed by atoms with E-state index in [1.54, 1.807) is 0 Å². The number of aliphatic carboxylic acids is 1. The summed E-state index contributed by atoms with van der Waals surface area (Å²) in [6.45, 7) is 0.239. The first-order chi connectivity index (χ1) is 14.6. The summed E-state index contributed by atoms with van der Waals surface area (Å²) in [5.41, 5.74) is 4.69. The van der Waals surface area contributed by atoms with Crippen molar-refractivity contribution in [2.75, 3.05) is 6.61 Å². The standard InChI is InChI=1S/C25H29NO4/c27-24(28)15-18(14-17-8-2-1-3-9-17)26-25(29)30-16-23-21-12-6-4-10-19(21)20-11-5-7-13-22(20)23/h4-7,10-13,17-18,23H,1-3,8-9,14-16H2,(H,26,29)(H,27,28). The van der Waals surface area contributed by atoms with Gasteiger partial charge in [-0.15, -0.1) is 0 Å². The van der Waals surface area contributed by atoms with Crippen LogP contribution in [0.25, 0.3) is 11.1 Å². The Morgan fingerprint density at radius 3 is 2.17 bits per heavy atom. The van der Waals surface area contributed by atoms with Crippen molar-refractivity contribution in [3.63, 3.8) is 0 Å². The van der Waals surface area contributed by atoms with E-state index in [4.69, 9.17) is 4.74 Å². The van der Waals surface area contributed by atoms with Crippen molar-refractivity contribution in [1.29, 1.82) is 0 Å². The van der Waals surface area contributed by atoms with Crippen LogP contribution in [0.15, 0.2) is 48.5 Å².